The quantitative estimate of drug-likeness (QED) is 0.702. The second-order valence-electron chi connectivity index (χ2n) is 5.64. The number of hydrogen-bond donors (Lipinski definition) is 0. The highest BCUT2D eigenvalue weighted by molar-refractivity contribution is 9.10. The first-order chi connectivity index (χ1) is 10.1. The van der Waals surface area contributed by atoms with Crippen LogP contribution in [-0.4, -0.2) is 54.3 Å². The fourth-order valence-electron chi connectivity index (χ4n) is 3.09. The molecule has 1 aliphatic heterocycles. The van der Waals surface area contributed by atoms with Gasteiger partial charge in [-0.15, -0.1) is 0 Å². The van der Waals surface area contributed by atoms with Crippen LogP contribution in [0.25, 0.3) is 0 Å². The monoisotopic (exact) mass is 352 g/mol. The average molecular weight is 353 g/mol. The van der Waals surface area contributed by atoms with Gasteiger partial charge in [0.15, 0.2) is 5.78 Å². The normalized spacial score (nSPS) is 19.3. The number of hydrogen-bond acceptors (Lipinski definition) is 3. The van der Waals surface area contributed by atoms with Crippen LogP contribution in [0, 0.1) is 0 Å². The number of nitrogens with zero attached hydrogens (tertiary/aromatic N) is 2. The third-order valence-electron chi connectivity index (χ3n) is 4.40. The minimum atomic E-state index is 0.244. The Morgan fingerprint density at radius 1 is 1.29 bits per heavy atom. The van der Waals surface area contributed by atoms with Gasteiger partial charge in [0.2, 0.25) is 0 Å². The van der Waals surface area contributed by atoms with Crippen molar-refractivity contribution in [1.82, 2.24) is 9.80 Å². The van der Waals surface area contributed by atoms with Crippen LogP contribution in [-0.2, 0) is 0 Å². The van der Waals surface area contributed by atoms with Crippen LogP contribution in [0.5, 0.6) is 0 Å². The molecule has 1 atom stereocenters. The first-order valence-corrected chi connectivity index (χ1v) is 8.68. The van der Waals surface area contributed by atoms with Crippen molar-refractivity contribution < 1.29 is 4.79 Å². The standard InChI is InChI=1S/C17H25BrN2O/c1-3-20(4-2)16-9-11-19(13-16)12-10-17(21)14-5-7-15(18)8-6-14/h5-8,16H,3-4,9-13H2,1-2H3. The molecule has 2 rings (SSSR count). The third-order valence-corrected chi connectivity index (χ3v) is 4.93. The first kappa shape index (κ1) is 16.7. The van der Waals surface area contributed by atoms with E-state index >= 15 is 0 Å². The zero-order valence-electron chi connectivity index (χ0n) is 13.0. The molecule has 1 heterocycles. The van der Waals surface area contributed by atoms with Crippen LogP contribution in [0.15, 0.2) is 28.7 Å². The lowest BCUT2D eigenvalue weighted by Crippen LogP contribution is -2.37. The molecule has 0 N–H and O–H groups in total. The smallest absolute Gasteiger partial charge is 0.164 e. The topological polar surface area (TPSA) is 23.6 Å². The number of ketones is 1. The van der Waals surface area contributed by atoms with Gasteiger partial charge in [-0.1, -0.05) is 41.9 Å². The lowest BCUT2D eigenvalue weighted by atomic mass is 10.1. The Morgan fingerprint density at radius 2 is 1.95 bits per heavy atom. The number of Topliss-reactive ketones (excluding diaryl/α,β-unsaturated/α-hetero) is 1. The van der Waals surface area contributed by atoms with Gasteiger partial charge in [0.05, 0.1) is 0 Å². The summed E-state index contributed by atoms with van der Waals surface area (Å²) in [5.74, 6) is 0.244. The van der Waals surface area contributed by atoms with Crippen molar-refractivity contribution in [3.05, 3.63) is 34.3 Å². The van der Waals surface area contributed by atoms with Gasteiger partial charge in [0.25, 0.3) is 0 Å². The second-order valence-corrected chi connectivity index (χ2v) is 6.56. The Balaban J connectivity index is 1.79. The lowest BCUT2D eigenvalue weighted by Gasteiger charge is -2.26. The number of benzene rings is 1. The van der Waals surface area contributed by atoms with E-state index in [1.165, 1.54) is 6.42 Å². The fourth-order valence-corrected chi connectivity index (χ4v) is 3.36. The molecule has 0 spiro atoms. The summed E-state index contributed by atoms with van der Waals surface area (Å²) in [6.07, 6.45) is 1.85. The molecule has 0 aliphatic carbocycles. The number of carbonyl (C=O) groups is 1. The number of carbonyl (C=O) groups excluding carboxylic acids is 1. The van der Waals surface area contributed by atoms with Crippen molar-refractivity contribution in [2.24, 2.45) is 0 Å². The van der Waals surface area contributed by atoms with Crippen molar-refractivity contribution >= 4 is 21.7 Å². The second kappa shape index (κ2) is 8.06. The Labute approximate surface area is 136 Å². The van der Waals surface area contributed by atoms with E-state index in [4.69, 9.17) is 0 Å². The molecule has 1 aliphatic rings. The molecule has 0 radical (unpaired) electrons. The van der Waals surface area contributed by atoms with Crippen LogP contribution < -0.4 is 0 Å². The van der Waals surface area contributed by atoms with Gasteiger partial charge in [-0.3, -0.25) is 9.69 Å². The predicted molar refractivity (Wildman–Crippen MR) is 90.9 cm³/mol. The number of rotatable bonds is 7. The molecule has 0 saturated carbocycles. The average Bonchev–Trinajstić information content (AvgIpc) is 2.96. The Kier molecular flexibility index (Phi) is 6.40. The summed E-state index contributed by atoms with van der Waals surface area (Å²) in [6.45, 7) is 9.79. The minimum absolute atomic E-state index is 0.244. The summed E-state index contributed by atoms with van der Waals surface area (Å²) in [5.41, 5.74) is 0.817. The highest BCUT2D eigenvalue weighted by atomic mass is 79.9. The molecule has 4 heteroatoms. The van der Waals surface area contributed by atoms with Crippen LogP contribution >= 0.6 is 15.9 Å². The maximum atomic E-state index is 12.2. The maximum Gasteiger partial charge on any atom is 0.164 e. The Hall–Kier alpha value is -0.710. The van der Waals surface area contributed by atoms with Crippen molar-refractivity contribution in [1.29, 1.82) is 0 Å². The molecule has 0 bridgehead atoms. The summed E-state index contributed by atoms with van der Waals surface area (Å²) in [7, 11) is 0. The fraction of sp³-hybridized carbons (Fsp3) is 0.588. The zero-order chi connectivity index (χ0) is 15.2. The van der Waals surface area contributed by atoms with E-state index in [-0.39, 0.29) is 5.78 Å². The predicted octanol–water partition coefficient (Wildman–Crippen LogP) is 3.44. The summed E-state index contributed by atoms with van der Waals surface area (Å²) in [6, 6.07) is 8.33. The molecular weight excluding hydrogens is 328 g/mol. The molecule has 0 aromatic heterocycles. The molecule has 1 saturated heterocycles. The Morgan fingerprint density at radius 3 is 2.57 bits per heavy atom. The van der Waals surface area contributed by atoms with Gasteiger partial charge in [-0.2, -0.15) is 0 Å². The van der Waals surface area contributed by atoms with Gasteiger partial charge >= 0.3 is 0 Å². The van der Waals surface area contributed by atoms with Gasteiger partial charge in [0.1, 0.15) is 0 Å². The van der Waals surface area contributed by atoms with Gasteiger partial charge in [-0.05, 0) is 38.2 Å². The van der Waals surface area contributed by atoms with E-state index in [1.807, 2.05) is 24.3 Å². The molecule has 3 nitrogen and oxygen atoms in total. The minimum Gasteiger partial charge on any atom is -0.301 e. The summed E-state index contributed by atoms with van der Waals surface area (Å²) in [5, 5.41) is 0. The lowest BCUT2D eigenvalue weighted by molar-refractivity contribution is 0.0966. The maximum absolute atomic E-state index is 12.2. The molecule has 21 heavy (non-hydrogen) atoms. The number of halogens is 1. The molecule has 1 aromatic carbocycles. The van der Waals surface area contributed by atoms with Crippen molar-refractivity contribution in [2.45, 2.75) is 32.7 Å². The molecule has 0 amide bonds. The van der Waals surface area contributed by atoms with E-state index in [1.54, 1.807) is 0 Å². The summed E-state index contributed by atoms with van der Waals surface area (Å²) >= 11 is 3.40. The van der Waals surface area contributed by atoms with Crippen molar-refractivity contribution in [2.75, 3.05) is 32.7 Å². The van der Waals surface area contributed by atoms with Crippen LogP contribution in [0.3, 0.4) is 0 Å². The van der Waals surface area contributed by atoms with E-state index < -0.39 is 0 Å². The number of likely N-dealkylation sites (N-methyl/N-ethyl adjacent to an activating group) is 1. The molecule has 1 aromatic rings. The summed E-state index contributed by atoms with van der Waals surface area (Å²) < 4.78 is 1.01. The Bertz CT molecular complexity index is 456. The highest BCUT2D eigenvalue weighted by Gasteiger charge is 2.26. The largest absolute Gasteiger partial charge is 0.301 e. The van der Waals surface area contributed by atoms with Gasteiger partial charge < -0.3 is 4.90 Å². The SMILES string of the molecule is CCN(CC)C1CCN(CCC(=O)c2ccc(Br)cc2)C1. The van der Waals surface area contributed by atoms with Crippen LogP contribution in [0.1, 0.15) is 37.0 Å². The molecule has 1 unspecified atom stereocenters. The van der Waals surface area contributed by atoms with E-state index in [0.717, 1.165) is 42.8 Å². The first-order valence-electron chi connectivity index (χ1n) is 7.89. The van der Waals surface area contributed by atoms with Crippen LogP contribution in [0.4, 0.5) is 0 Å². The van der Waals surface area contributed by atoms with Gasteiger partial charge in [-0.25, -0.2) is 0 Å². The zero-order valence-corrected chi connectivity index (χ0v) is 14.6. The van der Waals surface area contributed by atoms with E-state index in [0.29, 0.717) is 12.5 Å². The molecular formula is C17H25BrN2O. The van der Waals surface area contributed by atoms with Crippen LogP contribution in [0.2, 0.25) is 0 Å². The van der Waals surface area contributed by atoms with E-state index in [9.17, 15) is 4.79 Å². The van der Waals surface area contributed by atoms with Crippen molar-refractivity contribution in [3.63, 3.8) is 0 Å². The summed E-state index contributed by atoms with van der Waals surface area (Å²) in [4.78, 5) is 17.1. The van der Waals surface area contributed by atoms with E-state index in [2.05, 4.69) is 39.6 Å². The van der Waals surface area contributed by atoms with Gasteiger partial charge in [0, 0.05) is 35.6 Å². The number of likely N-dealkylation sites (tertiary alicyclic amines) is 1. The molecule has 116 valence electrons. The van der Waals surface area contributed by atoms with Crippen molar-refractivity contribution in [3.8, 4) is 0 Å². The third kappa shape index (κ3) is 4.63. The highest BCUT2D eigenvalue weighted by Crippen LogP contribution is 2.17. The molecule has 1 fully saturated rings.